The summed E-state index contributed by atoms with van der Waals surface area (Å²) < 4.78 is 39.4. The first-order chi connectivity index (χ1) is 20.1. The first kappa shape index (κ1) is 29.7. The van der Waals surface area contributed by atoms with E-state index in [4.69, 9.17) is 18.5 Å². The van der Waals surface area contributed by atoms with Gasteiger partial charge in [0, 0.05) is 30.5 Å². The van der Waals surface area contributed by atoms with Crippen LogP contribution in [0.15, 0.2) is 132 Å². The lowest BCUT2D eigenvalue weighted by molar-refractivity contribution is 0.220. The minimum Gasteiger partial charge on any atom is -0.493 e. The Kier molecular flexibility index (Phi) is 11.2. The molecule has 0 heterocycles. The Bertz CT molecular complexity index is 1440. The van der Waals surface area contributed by atoms with Crippen molar-refractivity contribution in [2.45, 2.75) is 20.0 Å². The maximum atomic E-state index is 15.3. The largest absolute Gasteiger partial charge is 0.493 e. The van der Waals surface area contributed by atoms with Crippen LogP contribution in [0.4, 0.5) is 10.1 Å². The highest BCUT2D eigenvalue weighted by atomic mass is 32.2. The van der Waals surface area contributed by atoms with E-state index >= 15 is 4.39 Å². The van der Waals surface area contributed by atoms with Crippen LogP contribution in [0, 0.1) is 5.82 Å². The number of hydrogen-bond donors (Lipinski definition) is 1. The van der Waals surface area contributed by atoms with Crippen LogP contribution in [0.2, 0.25) is 0 Å². The smallest absolute Gasteiger partial charge is 0.167 e. The molecule has 41 heavy (non-hydrogen) atoms. The molecule has 4 rings (SSSR count). The summed E-state index contributed by atoms with van der Waals surface area (Å²) in [5, 5.41) is 0. The lowest BCUT2D eigenvalue weighted by Gasteiger charge is -2.22. The number of allylic oxidation sites excluding steroid dienone is 4. The Labute approximate surface area is 244 Å². The Morgan fingerprint density at radius 2 is 1.59 bits per heavy atom. The molecule has 0 bridgehead atoms. The van der Waals surface area contributed by atoms with Gasteiger partial charge in [0.25, 0.3) is 0 Å². The number of ether oxygens (including phenoxy) is 3. The molecule has 0 fully saturated rings. The van der Waals surface area contributed by atoms with Gasteiger partial charge >= 0.3 is 0 Å². The Morgan fingerprint density at radius 3 is 2.24 bits per heavy atom. The van der Waals surface area contributed by atoms with E-state index in [2.05, 4.69) is 10.5 Å². The van der Waals surface area contributed by atoms with Crippen molar-refractivity contribution in [1.29, 1.82) is 0 Å². The Hall–Kier alpha value is -4.31. The molecule has 3 aromatic rings. The standard InChI is InChI=1S/C32H32FN3O4S/c1-4-17-34-29-20-32(38-3)31(37-2)18-26(29)23-39-30-16-15-27(19-28(30)33)36(22-25-13-9-6-10-14-25)41-40-35-21-24-11-7-5-8-12-24/h4-20,23,35H,21-22H2,1-3H3/b17-4-,26-23+,34-29+. The van der Waals surface area contributed by atoms with Crippen LogP contribution in [-0.4, -0.2) is 19.9 Å². The molecule has 1 N–H and O–H groups in total. The number of methoxy groups -OCH3 is 2. The third-order valence-corrected chi connectivity index (χ3v) is 6.60. The topological polar surface area (TPSA) is 64.5 Å². The summed E-state index contributed by atoms with van der Waals surface area (Å²) in [6, 6.07) is 24.6. The zero-order valence-corrected chi connectivity index (χ0v) is 23.9. The SMILES string of the molecule is C\C=C/N=C1\C=C(OC)C(OC)=C\C1=C/Oc1ccc(N(Cc2ccccc2)SONCc2ccccc2)cc1F. The second-order valence-corrected chi connectivity index (χ2v) is 9.47. The highest BCUT2D eigenvalue weighted by Crippen LogP contribution is 2.30. The van der Waals surface area contributed by atoms with Gasteiger partial charge in [0.15, 0.2) is 23.1 Å². The van der Waals surface area contributed by atoms with Gasteiger partial charge in [-0.25, -0.2) is 8.67 Å². The van der Waals surface area contributed by atoms with Gasteiger partial charge in [0.1, 0.15) is 18.5 Å². The van der Waals surface area contributed by atoms with Gasteiger partial charge in [-0.3, -0.25) is 9.30 Å². The molecule has 9 heteroatoms. The number of hydrogen-bond acceptors (Lipinski definition) is 8. The fraction of sp³-hybridized carbons (Fsp3) is 0.156. The zero-order chi connectivity index (χ0) is 28.9. The molecule has 1 aliphatic carbocycles. The van der Waals surface area contributed by atoms with Gasteiger partial charge in [-0.05, 0) is 36.3 Å². The molecule has 0 saturated heterocycles. The molecule has 0 spiro atoms. The molecule has 0 saturated carbocycles. The number of aliphatic imine (C=N–C) groups is 1. The van der Waals surface area contributed by atoms with Gasteiger partial charge in [-0.15, -0.1) is 0 Å². The number of nitrogens with zero attached hydrogens (tertiary/aromatic N) is 2. The minimum absolute atomic E-state index is 0.0632. The van der Waals surface area contributed by atoms with E-state index in [0.29, 0.717) is 41.6 Å². The highest BCUT2D eigenvalue weighted by molar-refractivity contribution is 7.96. The quantitative estimate of drug-likeness (QED) is 0.0750. The molecule has 7 nitrogen and oxygen atoms in total. The maximum absolute atomic E-state index is 15.3. The second-order valence-electron chi connectivity index (χ2n) is 8.71. The maximum Gasteiger partial charge on any atom is 0.167 e. The van der Waals surface area contributed by atoms with E-state index < -0.39 is 5.82 Å². The summed E-state index contributed by atoms with van der Waals surface area (Å²) in [6.07, 6.45) is 8.36. The summed E-state index contributed by atoms with van der Waals surface area (Å²) in [5.74, 6) is 0.572. The molecule has 212 valence electrons. The molecule has 0 atom stereocenters. The van der Waals surface area contributed by atoms with Crippen LogP contribution in [0.25, 0.3) is 0 Å². The second kappa shape index (κ2) is 15.5. The first-order valence-electron chi connectivity index (χ1n) is 12.9. The van der Waals surface area contributed by atoms with Gasteiger partial charge in [0.2, 0.25) is 0 Å². The fourth-order valence-corrected chi connectivity index (χ4v) is 4.41. The number of halogens is 1. The van der Waals surface area contributed by atoms with Crippen molar-refractivity contribution in [3.63, 3.8) is 0 Å². The van der Waals surface area contributed by atoms with Crippen molar-refractivity contribution in [3.8, 4) is 5.75 Å². The van der Waals surface area contributed by atoms with Crippen LogP contribution in [0.5, 0.6) is 5.75 Å². The number of nitrogens with one attached hydrogen (secondary N) is 1. The summed E-state index contributed by atoms with van der Waals surface area (Å²) >= 11 is 1.09. The van der Waals surface area contributed by atoms with Crippen molar-refractivity contribution in [2.24, 2.45) is 4.99 Å². The number of rotatable bonds is 13. The summed E-state index contributed by atoms with van der Waals surface area (Å²) in [7, 11) is 3.10. The predicted octanol–water partition coefficient (Wildman–Crippen LogP) is 7.43. The van der Waals surface area contributed by atoms with Crippen molar-refractivity contribution >= 4 is 23.6 Å². The fourth-order valence-electron chi connectivity index (χ4n) is 3.80. The number of benzene rings is 3. The Morgan fingerprint density at radius 1 is 0.902 bits per heavy atom. The predicted molar refractivity (Wildman–Crippen MR) is 162 cm³/mol. The summed E-state index contributed by atoms with van der Waals surface area (Å²) in [5.41, 5.74) is 6.89. The van der Waals surface area contributed by atoms with Crippen molar-refractivity contribution in [2.75, 3.05) is 18.5 Å². The van der Waals surface area contributed by atoms with Crippen molar-refractivity contribution < 1.29 is 22.9 Å². The molecular formula is C32H32FN3O4S. The highest BCUT2D eigenvalue weighted by Gasteiger charge is 2.19. The molecule has 0 aromatic heterocycles. The lowest BCUT2D eigenvalue weighted by Crippen LogP contribution is -2.19. The third kappa shape index (κ3) is 8.59. The van der Waals surface area contributed by atoms with E-state index in [1.807, 2.05) is 71.9 Å². The van der Waals surface area contributed by atoms with E-state index in [1.54, 1.807) is 50.8 Å². The van der Waals surface area contributed by atoms with Crippen LogP contribution in [-0.2, 0) is 26.8 Å². The van der Waals surface area contributed by atoms with Gasteiger partial charge < -0.3 is 14.2 Å². The molecule has 0 unspecified atom stereocenters. The summed E-state index contributed by atoms with van der Waals surface area (Å²) in [6.45, 7) is 2.89. The van der Waals surface area contributed by atoms with Crippen LogP contribution in [0.1, 0.15) is 18.1 Å². The van der Waals surface area contributed by atoms with E-state index in [-0.39, 0.29) is 5.75 Å². The van der Waals surface area contributed by atoms with Gasteiger partial charge in [-0.2, -0.15) is 5.48 Å². The van der Waals surface area contributed by atoms with Gasteiger partial charge in [0.05, 0.1) is 32.2 Å². The lowest BCUT2D eigenvalue weighted by atomic mass is 10.0. The molecule has 0 radical (unpaired) electrons. The third-order valence-electron chi connectivity index (χ3n) is 5.89. The molecular weight excluding hydrogens is 541 g/mol. The average molecular weight is 574 g/mol. The van der Waals surface area contributed by atoms with Crippen molar-refractivity contribution in [3.05, 3.63) is 144 Å². The van der Waals surface area contributed by atoms with Crippen LogP contribution in [0.3, 0.4) is 0 Å². The van der Waals surface area contributed by atoms with Gasteiger partial charge in [-0.1, -0.05) is 66.7 Å². The zero-order valence-electron chi connectivity index (χ0n) is 23.1. The first-order valence-corrected chi connectivity index (χ1v) is 13.6. The molecule has 1 aliphatic rings. The van der Waals surface area contributed by atoms with Crippen LogP contribution < -0.4 is 14.5 Å². The number of anilines is 1. The molecule has 3 aromatic carbocycles. The van der Waals surface area contributed by atoms with E-state index in [9.17, 15) is 0 Å². The van der Waals surface area contributed by atoms with Crippen molar-refractivity contribution in [1.82, 2.24) is 5.48 Å². The number of hydroxylamine groups is 1. The minimum atomic E-state index is -0.526. The average Bonchev–Trinajstić information content (AvgIpc) is 3.01. The van der Waals surface area contributed by atoms with Crippen LogP contribution >= 0.6 is 12.2 Å². The monoisotopic (exact) mass is 573 g/mol. The Balaban J connectivity index is 1.50. The van der Waals surface area contributed by atoms with E-state index in [1.165, 1.54) is 12.3 Å². The molecule has 0 aliphatic heterocycles. The summed E-state index contributed by atoms with van der Waals surface area (Å²) in [4.78, 5) is 4.43. The molecule has 0 amide bonds. The van der Waals surface area contributed by atoms with E-state index in [0.717, 1.165) is 23.4 Å². The normalized spacial score (nSPS) is 15.1.